The number of nitrogens with zero attached hydrogens (tertiary/aromatic N) is 3. The number of anilines is 1. The molecule has 16 heavy (non-hydrogen) atoms. The predicted octanol–water partition coefficient (Wildman–Crippen LogP) is 1.56. The summed E-state index contributed by atoms with van der Waals surface area (Å²) in [6.07, 6.45) is 1.59. The van der Waals surface area contributed by atoms with Gasteiger partial charge in [0.1, 0.15) is 17.8 Å². The third kappa shape index (κ3) is 1.68. The summed E-state index contributed by atoms with van der Waals surface area (Å²) < 4.78 is 6.26. The van der Waals surface area contributed by atoms with Crippen LogP contribution in [0.2, 0.25) is 0 Å². The molecular weight excluding hydrogens is 272 g/mol. The van der Waals surface area contributed by atoms with Crippen LogP contribution in [0.25, 0.3) is 11.0 Å². The summed E-state index contributed by atoms with van der Waals surface area (Å²) in [5, 5.41) is 1.05. The van der Waals surface area contributed by atoms with Gasteiger partial charge < -0.3 is 14.6 Å². The van der Waals surface area contributed by atoms with E-state index in [1.54, 1.807) is 6.33 Å². The predicted molar refractivity (Wildman–Crippen MR) is 64.6 cm³/mol. The van der Waals surface area contributed by atoms with Crippen molar-refractivity contribution in [3.63, 3.8) is 0 Å². The minimum Gasteiger partial charge on any atom is -0.378 e. The molecule has 0 amide bonds. The molecule has 0 unspecified atom stereocenters. The number of hydrogen-bond donors (Lipinski definition) is 1. The molecule has 0 radical (unpaired) electrons. The van der Waals surface area contributed by atoms with E-state index in [-0.39, 0.29) is 0 Å². The van der Waals surface area contributed by atoms with Crippen LogP contribution in [0.4, 0.5) is 5.82 Å². The topological polar surface area (TPSA) is 54.0 Å². The minimum atomic E-state index is 0.761. The minimum absolute atomic E-state index is 0.761. The van der Waals surface area contributed by atoms with Gasteiger partial charge in [0.25, 0.3) is 0 Å². The fraction of sp³-hybridized carbons (Fsp3) is 0.400. The van der Waals surface area contributed by atoms with Crippen molar-refractivity contribution in [1.29, 1.82) is 0 Å². The van der Waals surface area contributed by atoms with Gasteiger partial charge in [0.15, 0.2) is 0 Å². The average Bonchev–Trinajstić information content (AvgIpc) is 2.70. The molecule has 0 aliphatic carbocycles. The first-order valence-corrected chi connectivity index (χ1v) is 5.96. The molecule has 1 fully saturated rings. The molecule has 5 nitrogen and oxygen atoms in total. The highest BCUT2D eigenvalue weighted by Gasteiger charge is 2.16. The second-order valence-corrected chi connectivity index (χ2v) is 4.53. The summed E-state index contributed by atoms with van der Waals surface area (Å²) in [6.45, 7) is 3.29. The Kier molecular flexibility index (Phi) is 2.53. The van der Waals surface area contributed by atoms with Crippen molar-refractivity contribution in [2.45, 2.75) is 0 Å². The smallest absolute Gasteiger partial charge is 0.143 e. The Bertz CT molecular complexity index is 506. The van der Waals surface area contributed by atoms with Crippen molar-refractivity contribution in [2.75, 3.05) is 31.2 Å². The Labute approximate surface area is 101 Å². The first-order chi connectivity index (χ1) is 7.84. The number of ether oxygens (including phenoxy) is 1. The summed E-state index contributed by atoms with van der Waals surface area (Å²) in [5.74, 6) is 0.982. The van der Waals surface area contributed by atoms with Crippen LogP contribution in [-0.4, -0.2) is 41.3 Å². The van der Waals surface area contributed by atoms with E-state index in [0.29, 0.717) is 0 Å². The van der Waals surface area contributed by atoms with Crippen LogP contribution < -0.4 is 4.90 Å². The molecule has 1 aliphatic heterocycles. The van der Waals surface area contributed by atoms with Crippen molar-refractivity contribution in [3.8, 4) is 0 Å². The Morgan fingerprint density at radius 1 is 1.31 bits per heavy atom. The van der Waals surface area contributed by atoms with Crippen molar-refractivity contribution in [1.82, 2.24) is 15.0 Å². The lowest BCUT2D eigenvalue weighted by molar-refractivity contribution is 0.122. The van der Waals surface area contributed by atoms with E-state index in [1.165, 1.54) is 0 Å². The monoisotopic (exact) mass is 282 g/mol. The molecule has 2 aromatic heterocycles. The van der Waals surface area contributed by atoms with E-state index in [1.807, 2.05) is 6.07 Å². The molecule has 2 aromatic rings. The van der Waals surface area contributed by atoms with Crippen LogP contribution in [0, 0.1) is 0 Å². The number of nitrogens with one attached hydrogen (secondary N) is 1. The number of aromatic nitrogens is 3. The number of fused-ring (bicyclic) bond motifs is 1. The molecule has 0 saturated carbocycles. The normalized spacial score (nSPS) is 16.9. The third-order valence-corrected chi connectivity index (χ3v) is 3.11. The summed E-state index contributed by atoms with van der Waals surface area (Å²) in [5.41, 5.74) is 0.864. The van der Waals surface area contributed by atoms with Gasteiger partial charge in [0, 0.05) is 13.1 Å². The van der Waals surface area contributed by atoms with Gasteiger partial charge in [-0.2, -0.15) is 0 Å². The largest absolute Gasteiger partial charge is 0.378 e. The number of halogens is 1. The van der Waals surface area contributed by atoms with Crippen LogP contribution >= 0.6 is 15.9 Å². The van der Waals surface area contributed by atoms with Crippen LogP contribution in [0.3, 0.4) is 0 Å². The summed E-state index contributed by atoms with van der Waals surface area (Å²) in [6, 6.07) is 2.01. The molecule has 1 aliphatic rings. The van der Waals surface area contributed by atoms with Crippen molar-refractivity contribution >= 4 is 32.8 Å². The highest BCUT2D eigenvalue weighted by Crippen LogP contribution is 2.26. The van der Waals surface area contributed by atoms with Gasteiger partial charge in [-0.25, -0.2) is 9.97 Å². The van der Waals surface area contributed by atoms with E-state index in [9.17, 15) is 0 Å². The molecule has 0 atom stereocenters. The van der Waals surface area contributed by atoms with Gasteiger partial charge in [-0.3, -0.25) is 0 Å². The molecule has 0 aromatic carbocycles. The number of morpholine rings is 1. The van der Waals surface area contributed by atoms with Crippen LogP contribution in [0.1, 0.15) is 0 Å². The molecule has 3 rings (SSSR count). The van der Waals surface area contributed by atoms with E-state index >= 15 is 0 Å². The zero-order valence-corrected chi connectivity index (χ0v) is 10.2. The summed E-state index contributed by atoms with van der Waals surface area (Å²) >= 11 is 3.42. The molecule has 3 heterocycles. The number of aromatic amines is 1. The molecule has 84 valence electrons. The maximum Gasteiger partial charge on any atom is 0.143 e. The second kappa shape index (κ2) is 4.03. The Morgan fingerprint density at radius 3 is 2.94 bits per heavy atom. The number of rotatable bonds is 1. The molecule has 6 heteroatoms. The first-order valence-electron chi connectivity index (χ1n) is 5.16. The van der Waals surface area contributed by atoms with E-state index in [2.05, 4.69) is 35.8 Å². The van der Waals surface area contributed by atoms with E-state index in [4.69, 9.17) is 4.74 Å². The fourth-order valence-corrected chi connectivity index (χ4v) is 2.34. The van der Waals surface area contributed by atoms with Gasteiger partial charge in [-0.1, -0.05) is 0 Å². The Morgan fingerprint density at radius 2 is 2.12 bits per heavy atom. The lowest BCUT2D eigenvalue weighted by Crippen LogP contribution is -2.36. The third-order valence-electron chi connectivity index (χ3n) is 2.68. The second-order valence-electron chi connectivity index (χ2n) is 3.68. The lowest BCUT2D eigenvalue weighted by Gasteiger charge is -2.27. The van der Waals surface area contributed by atoms with E-state index < -0.39 is 0 Å². The zero-order valence-electron chi connectivity index (χ0n) is 8.61. The maximum atomic E-state index is 5.34. The average molecular weight is 283 g/mol. The SMILES string of the molecule is Brc1cc2c(N3CCOCC3)ncnc2[nH]1. The standard InChI is InChI=1S/C10H11BrN4O/c11-8-5-7-9(14-8)12-6-13-10(7)15-1-3-16-4-2-15/h5-6H,1-4H2,(H,12,13,14). The molecule has 1 saturated heterocycles. The molecule has 1 N–H and O–H groups in total. The van der Waals surface area contributed by atoms with Gasteiger partial charge in [-0.05, 0) is 22.0 Å². The fourth-order valence-electron chi connectivity index (χ4n) is 1.92. The highest BCUT2D eigenvalue weighted by atomic mass is 79.9. The van der Waals surface area contributed by atoms with Crippen molar-refractivity contribution in [2.24, 2.45) is 0 Å². The highest BCUT2D eigenvalue weighted by molar-refractivity contribution is 9.10. The van der Waals surface area contributed by atoms with Crippen LogP contribution in [0.15, 0.2) is 17.0 Å². The molecule has 0 bridgehead atoms. The first kappa shape index (κ1) is 10.0. The Balaban J connectivity index is 2.07. The lowest BCUT2D eigenvalue weighted by atomic mass is 10.3. The molecule has 0 spiro atoms. The van der Waals surface area contributed by atoms with Gasteiger partial charge in [0.2, 0.25) is 0 Å². The maximum absolute atomic E-state index is 5.34. The number of H-pyrrole nitrogens is 1. The Hall–Kier alpha value is -1.14. The van der Waals surface area contributed by atoms with E-state index in [0.717, 1.165) is 47.8 Å². The zero-order chi connectivity index (χ0) is 11.0. The van der Waals surface area contributed by atoms with Gasteiger partial charge in [0.05, 0.1) is 23.2 Å². The molecular formula is C10H11BrN4O. The van der Waals surface area contributed by atoms with Gasteiger partial charge in [-0.15, -0.1) is 0 Å². The van der Waals surface area contributed by atoms with Crippen LogP contribution in [-0.2, 0) is 4.74 Å². The summed E-state index contributed by atoms with van der Waals surface area (Å²) in [7, 11) is 0. The summed E-state index contributed by atoms with van der Waals surface area (Å²) in [4.78, 5) is 13.9. The van der Waals surface area contributed by atoms with Gasteiger partial charge >= 0.3 is 0 Å². The quantitative estimate of drug-likeness (QED) is 0.863. The van der Waals surface area contributed by atoms with Crippen molar-refractivity contribution in [3.05, 3.63) is 17.0 Å². The van der Waals surface area contributed by atoms with Crippen LogP contribution in [0.5, 0.6) is 0 Å². The number of hydrogen-bond acceptors (Lipinski definition) is 4. The van der Waals surface area contributed by atoms with Crippen molar-refractivity contribution < 1.29 is 4.74 Å².